The van der Waals surface area contributed by atoms with E-state index in [9.17, 15) is 18.0 Å². The monoisotopic (exact) mass is 550 g/mol. The molecule has 1 N–H and O–H groups in total. The third-order valence-corrected chi connectivity index (χ3v) is 7.07. The van der Waals surface area contributed by atoms with Crippen molar-refractivity contribution in [3.8, 4) is 16.9 Å². The van der Waals surface area contributed by atoms with Gasteiger partial charge in [0, 0.05) is 49.6 Å². The Bertz CT molecular complexity index is 1600. The fourth-order valence-electron chi connectivity index (χ4n) is 4.61. The highest BCUT2D eigenvalue weighted by Crippen LogP contribution is 2.35. The molecule has 2 aromatic heterocycles. The average molecular weight is 551 g/mol. The van der Waals surface area contributed by atoms with E-state index in [0.29, 0.717) is 17.8 Å². The van der Waals surface area contributed by atoms with Crippen LogP contribution in [0.15, 0.2) is 53.8 Å². The minimum atomic E-state index is -4.59. The van der Waals surface area contributed by atoms with Crippen LogP contribution in [-0.2, 0) is 13.2 Å². The summed E-state index contributed by atoms with van der Waals surface area (Å²) in [5, 5.41) is 15.3. The van der Waals surface area contributed by atoms with Crippen LogP contribution in [0.5, 0.6) is 0 Å². The van der Waals surface area contributed by atoms with Crippen LogP contribution in [-0.4, -0.2) is 55.0 Å². The van der Waals surface area contributed by atoms with Crippen molar-refractivity contribution in [2.75, 3.05) is 18.9 Å². The van der Waals surface area contributed by atoms with E-state index in [0.717, 1.165) is 54.2 Å². The molecule has 1 aliphatic rings. The largest absolute Gasteiger partial charge is 0.416 e. The molecule has 3 heterocycles. The summed E-state index contributed by atoms with van der Waals surface area (Å²) in [6.07, 6.45) is 1.48. The first-order valence-corrected chi connectivity index (χ1v) is 12.8. The van der Waals surface area contributed by atoms with Gasteiger partial charge >= 0.3 is 6.18 Å². The topological polar surface area (TPSA) is 93.2 Å². The van der Waals surface area contributed by atoms with Crippen LogP contribution in [0.3, 0.4) is 0 Å². The Hall–Kier alpha value is -4.48. The highest BCUT2D eigenvalue weighted by molar-refractivity contribution is 6.05. The summed E-state index contributed by atoms with van der Waals surface area (Å²) in [5.41, 5.74) is 3.37. The van der Waals surface area contributed by atoms with Crippen molar-refractivity contribution >= 4 is 23.1 Å². The molecule has 0 unspecified atom stereocenters. The van der Waals surface area contributed by atoms with Crippen molar-refractivity contribution < 1.29 is 18.0 Å². The smallest absolute Gasteiger partial charge is 0.363 e. The van der Waals surface area contributed by atoms with Gasteiger partial charge in [0.05, 0.1) is 29.3 Å². The third kappa shape index (κ3) is 5.61. The summed E-state index contributed by atoms with van der Waals surface area (Å²) in [5.74, 6) is 0.164. The van der Waals surface area contributed by atoms with E-state index in [1.54, 1.807) is 40.0 Å². The molecular weight excluding hydrogens is 521 g/mol. The SMILES string of the molecule is Cc1ccc(C(=O)Nc2cc(/N=C3\CCCCN3C)cc(C(F)(F)F)c2)cc1-n1cc(-c2cnn(C)c2C)nn1. The number of piperidine rings is 1. The van der Waals surface area contributed by atoms with Crippen LogP contribution < -0.4 is 5.32 Å². The Labute approximate surface area is 229 Å². The Kier molecular flexibility index (Phi) is 7.17. The molecule has 2 aromatic carbocycles. The second-order valence-corrected chi connectivity index (χ2v) is 9.94. The van der Waals surface area contributed by atoms with E-state index in [-0.39, 0.29) is 16.9 Å². The summed E-state index contributed by atoms with van der Waals surface area (Å²) < 4.78 is 44.4. The van der Waals surface area contributed by atoms with Crippen LogP contribution >= 0.6 is 0 Å². The van der Waals surface area contributed by atoms with Crippen LogP contribution in [0.4, 0.5) is 24.5 Å². The first-order valence-electron chi connectivity index (χ1n) is 12.8. The minimum Gasteiger partial charge on any atom is -0.363 e. The first kappa shape index (κ1) is 27.1. The zero-order valence-electron chi connectivity index (χ0n) is 22.6. The molecule has 40 heavy (non-hydrogen) atoms. The lowest BCUT2D eigenvalue weighted by Crippen LogP contribution is -2.31. The maximum Gasteiger partial charge on any atom is 0.416 e. The van der Waals surface area contributed by atoms with E-state index in [2.05, 4.69) is 25.7 Å². The number of carbonyl (C=O) groups is 1. The molecule has 4 aromatic rings. The predicted octanol–water partition coefficient (Wildman–Crippen LogP) is 5.70. The number of amides is 1. The summed E-state index contributed by atoms with van der Waals surface area (Å²) in [7, 11) is 3.71. The van der Waals surface area contributed by atoms with E-state index in [1.165, 1.54) is 6.07 Å². The molecule has 0 radical (unpaired) electrons. The molecular formula is C28H29F3N8O. The number of nitrogens with one attached hydrogen (secondary N) is 1. The second kappa shape index (κ2) is 10.6. The molecule has 1 saturated heterocycles. The fourth-order valence-corrected chi connectivity index (χ4v) is 4.61. The normalized spacial score (nSPS) is 15.1. The molecule has 0 spiro atoms. The summed E-state index contributed by atoms with van der Waals surface area (Å²) in [4.78, 5) is 19.6. The number of hydrogen-bond donors (Lipinski definition) is 1. The van der Waals surface area contributed by atoms with Gasteiger partial charge < -0.3 is 10.2 Å². The van der Waals surface area contributed by atoms with Crippen molar-refractivity contribution in [1.82, 2.24) is 29.7 Å². The highest BCUT2D eigenvalue weighted by atomic mass is 19.4. The summed E-state index contributed by atoms with van der Waals surface area (Å²) in [6, 6.07) is 8.37. The third-order valence-electron chi connectivity index (χ3n) is 7.07. The van der Waals surface area contributed by atoms with Crippen molar-refractivity contribution in [2.45, 2.75) is 39.3 Å². The maximum absolute atomic E-state index is 13.7. The van der Waals surface area contributed by atoms with Crippen molar-refractivity contribution in [2.24, 2.45) is 12.0 Å². The standard InChI is InChI=1S/C28H29F3N8O/c1-17-8-9-19(11-25(17)39-16-24(35-36-39)23-15-32-38(4)18(23)2)27(40)34-22-13-20(28(29,30)31)12-21(14-22)33-26-7-5-6-10-37(26)3/h8-9,11-16H,5-7,10H2,1-4H3,(H,34,40)/b33-26+. The molecule has 0 saturated carbocycles. The van der Waals surface area contributed by atoms with Gasteiger partial charge in [0.25, 0.3) is 5.91 Å². The van der Waals surface area contributed by atoms with Gasteiger partial charge in [-0.05, 0) is 62.6 Å². The molecule has 0 atom stereocenters. The molecule has 1 amide bonds. The molecule has 1 fully saturated rings. The second-order valence-electron chi connectivity index (χ2n) is 9.94. The number of aryl methyl sites for hydroxylation is 2. The number of aromatic nitrogens is 5. The molecule has 9 nitrogen and oxygen atoms in total. The van der Waals surface area contributed by atoms with Gasteiger partial charge in [0.2, 0.25) is 0 Å². The summed E-state index contributed by atoms with van der Waals surface area (Å²) >= 11 is 0. The Morgan fingerprint density at radius 1 is 1.07 bits per heavy atom. The van der Waals surface area contributed by atoms with E-state index in [1.807, 2.05) is 32.8 Å². The Morgan fingerprint density at radius 3 is 2.58 bits per heavy atom. The zero-order chi connectivity index (χ0) is 28.6. The number of carbonyl (C=O) groups excluding carboxylic acids is 1. The van der Waals surface area contributed by atoms with E-state index >= 15 is 0 Å². The predicted molar refractivity (Wildman–Crippen MR) is 146 cm³/mol. The number of nitrogens with zero attached hydrogens (tertiary/aromatic N) is 7. The van der Waals surface area contributed by atoms with Crippen molar-refractivity contribution in [3.63, 3.8) is 0 Å². The molecule has 208 valence electrons. The van der Waals surface area contributed by atoms with Gasteiger partial charge in [0.15, 0.2) is 0 Å². The number of alkyl halides is 3. The number of likely N-dealkylation sites (tertiary alicyclic amines) is 1. The Morgan fingerprint density at radius 2 is 1.88 bits per heavy atom. The number of rotatable bonds is 5. The number of anilines is 1. The average Bonchev–Trinajstić information content (AvgIpc) is 3.51. The minimum absolute atomic E-state index is 0.00913. The van der Waals surface area contributed by atoms with Crippen molar-refractivity contribution in [1.29, 1.82) is 0 Å². The van der Waals surface area contributed by atoms with E-state index in [4.69, 9.17) is 0 Å². The lowest BCUT2D eigenvalue weighted by atomic mass is 10.1. The van der Waals surface area contributed by atoms with Crippen LogP contribution in [0, 0.1) is 13.8 Å². The number of benzene rings is 2. The van der Waals surface area contributed by atoms with Crippen LogP contribution in [0.1, 0.15) is 46.4 Å². The van der Waals surface area contributed by atoms with Crippen LogP contribution in [0.2, 0.25) is 0 Å². The van der Waals surface area contributed by atoms with E-state index < -0.39 is 17.6 Å². The Balaban J connectivity index is 1.43. The van der Waals surface area contributed by atoms with Crippen LogP contribution in [0.25, 0.3) is 16.9 Å². The lowest BCUT2D eigenvalue weighted by Gasteiger charge is -2.26. The number of hydrogen-bond acceptors (Lipinski definition) is 5. The fraction of sp³-hybridized carbons (Fsp3) is 0.321. The van der Waals surface area contributed by atoms with Gasteiger partial charge in [-0.2, -0.15) is 18.3 Å². The summed E-state index contributed by atoms with van der Waals surface area (Å²) in [6.45, 7) is 4.59. The van der Waals surface area contributed by atoms with Gasteiger partial charge in [-0.25, -0.2) is 9.67 Å². The first-order chi connectivity index (χ1) is 19.0. The van der Waals surface area contributed by atoms with Gasteiger partial charge in [-0.15, -0.1) is 5.10 Å². The molecule has 1 aliphatic heterocycles. The van der Waals surface area contributed by atoms with Gasteiger partial charge in [-0.3, -0.25) is 9.48 Å². The maximum atomic E-state index is 13.7. The molecule has 0 bridgehead atoms. The highest BCUT2D eigenvalue weighted by Gasteiger charge is 2.31. The lowest BCUT2D eigenvalue weighted by molar-refractivity contribution is -0.137. The number of amidine groups is 1. The van der Waals surface area contributed by atoms with Gasteiger partial charge in [0.1, 0.15) is 11.5 Å². The van der Waals surface area contributed by atoms with Crippen molar-refractivity contribution in [3.05, 3.63) is 71.2 Å². The number of aliphatic imine (C=N–C) groups is 1. The quantitative estimate of drug-likeness (QED) is 0.344. The van der Waals surface area contributed by atoms with Gasteiger partial charge in [-0.1, -0.05) is 11.3 Å². The molecule has 12 heteroatoms. The molecule has 0 aliphatic carbocycles. The number of halogens is 3. The zero-order valence-corrected chi connectivity index (χ0v) is 22.6. The molecule has 5 rings (SSSR count).